The first kappa shape index (κ1) is 9.41. The molecule has 0 radical (unpaired) electrons. The Morgan fingerprint density at radius 3 is 2.92 bits per heavy atom. The van der Waals surface area contributed by atoms with Crippen molar-refractivity contribution in [1.82, 2.24) is 9.36 Å². The highest BCUT2D eigenvalue weighted by Gasteiger charge is 2.04. The molecule has 1 heterocycles. The molecule has 0 aliphatic rings. The molecular formula is C7H13N3OS. The highest BCUT2D eigenvalue weighted by Crippen LogP contribution is 2.11. The average Bonchev–Trinajstić information content (AvgIpc) is 2.36. The molecule has 0 amide bonds. The highest BCUT2D eigenvalue weighted by atomic mass is 32.1. The smallest absolute Gasteiger partial charge is 0.202 e. The summed E-state index contributed by atoms with van der Waals surface area (Å²) in [6, 6.07) is 0.280. The van der Waals surface area contributed by atoms with Gasteiger partial charge in [0, 0.05) is 24.7 Å². The Kier molecular flexibility index (Phi) is 3.43. The van der Waals surface area contributed by atoms with E-state index in [-0.39, 0.29) is 6.04 Å². The number of hydrogen-bond donors (Lipinski definition) is 1. The van der Waals surface area contributed by atoms with E-state index in [1.54, 1.807) is 7.11 Å². The fraction of sp³-hybridized carbons (Fsp3) is 0.714. The third kappa shape index (κ3) is 2.75. The number of aryl methyl sites for hydroxylation is 1. The van der Waals surface area contributed by atoms with E-state index in [0.717, 1.165) is 11.0 Å². The van der Waals surface area contributed by atoms with Crippen molar-refractivity contribution >= 4 is 16.7 Å². The second-order valence-electron chi connectivity index (χ2n) is 2.65. The van der Waals surface area contributed by atoms with Crippen LogP contribution >= 0.6 is 11.5 Å². The lowest BCUT2D eigenvalue weighted by Gasteiger charge is -2.09. The van der Waals surface area contributed by atoms with Crippen LogP contribution in [0.1, 0.15) is 12.7 Å². The molecule has 0 saturated carbocycles. The van der Waals surface area contributed by atoms with Crippen molar-refractivity contribution in [2.45, 2.75) is 19.9 Å². The van der Waals surface area contributed by atoms with E-state index < -0.39 is 0 Å². The van der Waals surface area contributed by atoms with Crippen LogP contribution in [0.5, 0.6) is 0 Å². The average molecular weight is 187 g/mol. The predicted molar refractivity (Wildman–Crippen MR) is 49.6 cm³/mol. The molecule has 1 aromatic rings. The summed E-state index contributed by atoms with van der Waals surface area (Å²) in [5.74, 6) is 0.812. The zero-order valence-electron chi connectivity index (χ0n) is 7.50. The normalized spacial score (nSPS) is 12.9. The maximum atomic E-state index is 4.98. The molecule has 4 nitrogen and oxygen atoms in total. The lowest BCUT2D eigenvalue weighted by Crippen LogP contribution is -2.20. The SMILES string of the molecule is COCC(C)Nc1nc(C)ns1. The van der Waals surface area contributed by atoms with Crippen LogP contribution in [0.25, 0.3) is 0 Å². The van der Waals surface area contributed by atoms with Gasteiger partial charge in [-0.2, -0.15) is 4.37 Å². The Hall–Kier alpha value is -0.680. The Balaban J connectivity index is 2.41. The first-order valence-electron chi connectivity index (χ1n) is 3.78. The maximum Gasteiger partial charge on any atom is 0.202 e. The van der Waals surface area contributed by atoms with Gasteiger partial charge in [-0.25, -0.2) is 4.98 Å². The van der Waals surface area contributed by atoms with E-state index >= 15 is 0 Å². The Morgan fingerprint density at radius 1 is 1.67 bits per heavy atom. The molecule has 68 valence electrons. The number of rotatable bonds is 4. The van der Waals surface area contributed by atoms with Crippen LogP contribution in [0, 0.1) is 6.92 Å². The van der Waals surface area contributed by atoms with Gasteiger partial charge < -0.3 is 10.1 Å². The molecular weight excluding hydrogens is 174 g/mol. The zero-order chi connectivity index (χ0) is 8.97. The molecule has 0 saturated heterocycles. The monoisotopic (exact) mass is 187 g/mol. The Bertz CT molecular complexity index is 238. The summed E-state index contributed by atoms with van der Waals surface area (Å²) < 4.78 is 9.03. The number of nitrogens with one attached hydrogen (secondary N) is 1. The van der Waals surface area contributed by atoms with E-state index in [2.05, 4.69) is 14.7 Å². The van der Waals surface area contributed by atoms with Gasteiger partial charge in [-0.05, 0) is 13.8 Å². The molecule has 0 spiro atoms. The van der Waals surface area contributed by atoms with Crippen molar-refractivity contribution in [2.75, 3.05) is 19.0 Å². The third-order valence-corrected chi connectivity index (χ3v) is 2.05. The Labute approximate surface area is 76.1 Å². The molecule has 1 atom stereocenters. The fourth-order valence-electron chi connectivity index (χ4n) is 0.858. The van der Waals surface area contributed by atoms with Crippen molar-refractivity contribution < 1.29 is 4.74 Å². The number of ether oxygens (including phenoxy) is 1. The van der Waals surface area contributed by atoms with Crippen molar-refractivity contribution in [3.8, 4) is 0 Å². The first-order chi connectivity index (χ1) is 5.72. The van der Waals surface area contributed by atoms with Gasteiger partial charge >= 0.3 is 0 Å². The summed E-state index contributed by atoms with van der Waals surface area (Å²) in [6.45, 7) is 4.60. The van der Waals surface area contributed by atoms with E-state index in [1.807, 2.05) is 13.8 Å². The fourth-order valence-corrected chi connectivity index (χ4v) is 1.54. The molecule has 0 aliphatic carbocycles. The van der Waals surface area contributed by atoms with Gasteiger partial charge in [0.05, 0.1) is 6.61 Å². The van der Waals surface area contributed by atoms with E-state index in [4.69, 9.17) is 4.74 Å². The minimum Gasteiger partial charge on any atom is -0.383 e. The lowest BCUT2D eigenvalue weighted by molar-refractivity contribution is 0.190. The quantitative estimate of drug-likeness (QED) is 0.771. The second kappa shape index (κ2) is 4.37. The molecule has 0 aliphatic heterocycles. The van der Waals surface area contributed by atoms with Crippen LogP contribution in [0.15, 0.2) is 0 Å². The molecule has 0 aromatic carbocycles. The van der Waals surface area contributed by atoms with Gasteiger partial charge in [-0.1, -0.05) is 0 Å². The van der Waals surface area contributed by atoms with Crippen LogP contribution < -0.4 is 5.32 Å². The van der Waals surface area contributed by atoms with Crippen LogP contribution in [-0.4, -0.2) is 29.1 Å². The summed E-state index contributed by atoms with van der Waals surface area (Å²) >= 11 is 1.38. The van der Waals surface area contributed by atoms with Gasteiger partial charge in [-0.15, -0.1) is 0 Å². The van der Waals surface area contributed by atoms with Gasteiger partial charge in [-0.3, -0.25) is 0 Å². The maximum absolute atomic E-state index is 4.98. The minimum atomic E-state index is 0.280. The first-order valence-corrected chi connectivity index (χ1v) is 4.55. The van der Waals surface area contributed by atoms with Crippen LogP contribution in [0.3, 0.4) is 0 Å². The molecule has 0 fully saturated rings. The van der Waals surface area contributed by atoms with Crippen LogP contribution in [0.2, 0.25) is 0 Å². The summed E-state index contributed by atoms with van der Waals surface area (Å²) in [7, 11) is 1.68. The van der Waals surface area contributed by atoms with E-state index in [0.29, 0.717) is 6.61 Å². The summed E-state index contributed by atoms with van der Waals surface area (Å²) in [6.07, 6.45) is 0. The zero-order valence-corrected chi connectivity index (χ0v) is 8.31. The van der Waals surface area contributed by atoms with Crippen LogP contribution in [0.4, 0.5) is 5.13 Å². The summed E-state index contributed by atoms with van der Waals surface area (Å²) in [4.78, 5) is 4.17. The van der Waals surface area contributed by atoms with Crippen molar-refractivity contribution in [2.24, 2.45) is 0 Å². The lowest BCUT2D eigenvalue weighted by atomic mass is 10.4. The number of methoxy groups -OCH3 is 1. The van der Waals surface area contributed by atoms with Crippen molar-refractivity contribution in [3.63, 3.8) is 0 Å². The van der Waals surface area contributed by atoms with Crippen LogP contribution in [-0.2, 0) is 4.74 Å². The number of anilines is 1. The van der Waals surface area contributed by atoms with Crippen molar-refractivity contribution in [3.05, 3.63) is 5.82 Å². The molecule has 0 bridgehead atoms. The molecule has 1 N–H and O–H groups in total. The summed E-state index contributed by atoms with van der Waals surface area (Å²) in [5, 5.41) is 4.04. The van der Waals surface area contributed by atoms with Gasteiger partial charge in [0.15, 0.2) is 0 Å². The molecule has 1 unspecified atom stereocenters. The molecule has 12 heavy (non-hydrogen) atoms. The highest BCUT2D eigenvalue weighted by molar-refractivity contribution is 7.09. The topological polar surface area (TPSA) is 47.0 Å². The molecule has 1 aromatic heterocycles. The number of aromatic nitrogens is 2. The van der Waals surface area contributed by atoms with Gasteiger partial charge in [0.1, 0.15) is 5.82 Å². The van der Waals surface area contributed by atoms with Gasteiger partial charge in [0.25, 0.3) is 0 Å². The van der Waals surface area contributed by atoms with Crippen molar-refractivity contribution in [1.29, 1.82) is 0 Å². The second-order valence-corrected chi connectivity index (χ2v) is 3.40. The van der Waals surface area contributed by atoms with E-state index in [1.165, 1.54) is 11.5 Å². The predicted octanol–water partition coefficient (Wildman–Crippen LogP) is 1.29. The molecule has 1 rings (SSSR count). The number of hydrogen-bond acceptors (Lipinski definition) is 5. The number of nitrogens with zero attached hydrogens (tertiary/aromatic N) is 2. The Morgan fingerprint density at radius 2 is 2.42 bits per heavy atom. The standard InChI is InChI=1S/C7H13N3OS/c1-5(4-11-3)8-7-9-6(2)10-12-7/h5H,4H2,1-3H3,(H,8,9,10). The minimum absolute atomic E-state index is 0.280. The van der Waals surface area contributed by atoms with Gasteiger partial charge in [0.2, 0.25) is 5.13 Å². The largest absolute Gasteiger partial charge is 0.383 e. The molecule has 5 heteroatoms. The van der Waals surface area contributed by atoms with E-state index in [9.17, 15) is 0 Å². The third-order valence-electron chi connectivity index (χ3n) is 1.31. The summed E-state index contributed by atoms with van der Waals surface area (Å²) in [5.41, 5.74) is 0.